The summed E-state index contributed by atoms with van der Waals surface area (Å²) in [5.74, 6) is 0.926. The molecule has 0 atom stereocenters. The standard InChI is InChI=1S/C14H15N3O3.C10H12Cl2N2/c1-9-10(2)16-13(19-3)12(15-9)17-14(18)20-11-7-5-4-6-8-11;11-8-5-9(12)7-10(6-8)14-3-1-13-2-4-14/h4-8H,1-3H3,(H,15,17,18);5-7,13H,1-4H2. The molecule has 0 radical (unpaired) electrons. The number of rotatable bonds is 4. The monoisotopic (exact) mass is 503 g/mol. The highest BCUT2D eigenvalue weighted by molar-refractivity contribution is 6.35. The summed E-state index contributed by atoms with van der Waals surface area (Å²) in [6.07, 6.45) is -0.646. The van der Waals surface area contributed by atoms with E-state index in [1.807, 2.05) is 25.1 Å². The number of piperazine rings is 1. The van der Waals surface area contributed by atoms with Crippen molar-refractivity contribution >= 4 is 40.8 Å². The Morgan fingerprint density at radius 2 is 1.62 bits per heavy atom. The van der Waals surface area contributed by atoms with Gasteiger partial charge in [-0.1, -0.05) is 41.4 Å². The van der Waals surface area contributed by atoms with Crippen molar-refractivity contribution in [2.45, 2.75) is 13.8 Å². The van der Waals surface area contributed by atoms with Gasteiger partial charge in [0.25, 0.3) is 5.88 Å². The number of anilines is 2. The van der Waals surface area contributed by atoms with Gasteiger partial charge >= 0.3 is 6.09 Å². The second-order valence-corrected chi connectivity index (χ2v) is 8.32. The molecule has 2 heterocycles. The van der Waals surface area contributed by atoms with Crippen LogP contribution in [0.5, 0.6) is 11.6 Å². The first-order valence-corrected chi connectivity index (χ1v) is 11.5. The summed E-state index contributed by atoms with van der Waals surface area (Å²) in [5, 5.41) is 7.22. The smallest absolute Gasteiger partial charge is 0.418 e. The minimum absolute atomic E-state index is 0.233. The van der Waals surface area contributed by atoms with Gasteiger partial charge in [-0.25, -0.2) is 14.8 Å². The highest BCUT2D eigenvalue weighted by Gasteiger charge is 2.14. The molecule has 1 aliphatic heterocycles. The number of ether oxygens (including phenoxy) is 2. The maximum absolute atomic E-state index is 11.8. The molecule has 0 bridgehead atoms. The van der Waals surface area contributed by atoms with E-state index in [4.69, 9.17) is 32.7 Å². The van der Waals surface area contributed by atoms with Gasteiger partial charge in [0.15, 0.2) is 5.82 Å². The lowest BCUT2D eigenvalue weighted by Gasteiger charge is -2.29. The topological polar surface area (TPSA) is 88.6 Å². The van der Waals surface area contributed by atoms with Crippen molar-refractivity contribution in [3.63, 3.8) is 0 Å². The molecular formula is C24H27Cl2N5O3. The van der Waals surface area contributed by atoms with Gasteiger partial charge in [0, 0.05) is 41.9 Å². The summed E-state index contributed by atoms with van der Waals surface area (Å²) in [4.78, 5) is 22.5. The van der Waals surface area contributed by atoms with E-state index in [0.717, 1.165) is 37.6 Å². The molecule has 2 aromatic carbocycles. The highest BCUT2D eigenvalue weighted by atomic mass is 35.5. The summed E-state index contributed by atoms with van der Waals surface area (Å²) in [7, 11) is 1.46. The van der Waals surface area contributed by atoms with E-state index in [0.29, 0.717) is 21.5 Å². The first-order chi connectivity index (χ1) is 16.4. The number of nitrogens with one attached hydrogen (secondary N) is 2. The summed E-state index contributed by atoms with van der Waals surface area (Å²) >= 11 is 11.9. The van der Waals surface area contributed by atoms with Crippen molar-refractivity contribution in [2.24, 2.45) is 0 Å². The van der Waals surface area contributed by atoms with E-state index in [-0.39, 0.29) is 11.7 Å². The lowest BCUT2D eigenvalue weighted by molar-refractivity contribution is 0.215. The molecule has 0 spiro atoms. The fraction of sp³-hybridized carbons (Fsp3) is 0.292. The normalized spacial score (nSPS) is 12.9. The number of hydrogen-bond acceptors (Lipinski definition) is 7. The van der Waals surface area contributed by atoms with Crippen molar-refractivity contribution in [3.05, 3.63) is 70.0 Å². The summed E-state index contributed by atoms with van der Waals surface area (Å²) in [6, 6.07) is 14.4. The lowest BCUT2D eigenvalue weighted by atomic mass is 10.2. The highest BCUT2D eigenvalue weighted by Crippen LogP contribution is 2.25. The van der Waals surface area contributed by atoms with Crippen LogP contribution in [-0.4, -0.2) is 49.4 Å². The Labute approximate surface area is 209 Å². The maximum Gasteiger partial charge on any atom is 0.418 e. The fourth-order valence-electron chi connectivity index (χ4n) is 3.17. The molecule has 0 saturated carbocycles. The average Bonchev–Trinajstić information content (AvgIpc) is 2.82. The molecule has 1 aliphatic rings. The van der Waals surface area contributed by atoms with Crippen LogP contribution in [0, 0.1) is 13.8 Å². The lowest BCUT2D eigenvalue weighted by Crippen LogP contribution is -2.43. The number of aryl methyl sites for hydroxylation is 2. The second-order valence-electron chi connectivity index (χ2n) is 7.44. The van der Waals surface area contributed by atoms with Crippen LogP contribution in [0.25, 0.3) is 0 Å². The quantitative estimate of drug-likeness (QED) is 0.510. The number of benzene rings is 2. The van der Waals surface area contributed by atoms with Gasteiger partial charge in [-0.2, -0.15) is 0 Å². The predicted molar refractivity (Wildman–Crippen MR) is 136 cm³/mol. The van der Waals surface area contributed by atoms with Crippen LogP contribution in [-0.2, 0) is 0 Å². The van der Waals surface area contributed by atoms with E-state index >= 15 is 0 Å². The summed E-state index contributed by atoms with van der Waals surface area (Å²) in [5.41, 5.74) is 2.56. The number of para-hydroxylation sites is 1. The Kier molecular flexibility index (Phi) is 9.33. The largest absolute Gasteiger partial charge is 0.478 e. The number of halogens is 2. The first-order valence-electron chi connectivity index (χ1n) is 10.7. The summed E-state index contributed by atoms with van der Waals surface area (Å²) in [6.45, 7) is 7.67. The van der Waals surface area contributed by atoms with Crippen molar-refractivity contribution in [1.82, 2.24) is 15.3 Å². The Bertz CT molecular complexity index is 1090. The maximum atomic E-state index is 11.8. The molecule has 10 heteroatoms. The SMILES string of the molecule is COc1nc(C)c(C)nc1NC(=O)Oc1ccccc1.Clc1cc(Cl)cc(N2CCNCC2)c1. The molecule has 0 unspecified atom stereocenters. The number of carbonyl (C=O) groups is 1. The van der Waals surface area contributed by atoms with Crippen molar-refractivity contribution in [1.29, 1.82) is 0 Å². The van der Waals surface area contributed by atoms with Gasteiger partial charge in [0.2, 0.25) is 0 Å². The Morgan fingerprint density at radius 3 is 2.24 bits per heavy atom. The van der Waals surface area contributed by atoms with Crippen LogP contribution in [0.4, 0.5) is 16.3 Å². The molecule has 1 aromatic heterocycles. The van der Waals surface area contributed by atoms with Crippen LogP contribution in [0.2, 0.25) is 10.0 Å². The van der Waals surface area contributed by atoms with Crippen molar-refractivity contribution in [2.75, 3.05) is 43.5 Å². The number of amides is 1. The Morgan fingerprint density at radius 1 is 1.00 bits per heavy atom. The molecule has 1 saturated heterocycles. The van der Waals surface area contributed by atoms with Gasteiger partial charge in [-0.3, -0.25) is 5.32 Å². The van der Waals surface area contributed by atoms with Gasteiger partial charge < -0.3 is 19.7 Å². The molecule has 1 fully saturated rings. The fourth-order valence-corrected chi connectivity index (χ4v) is 3.68. The van der Waals surface area contributed by atoms with E-state index in [1.54, 1.807) is 37.3 Å². The third-order valence-corrected chi connectivity index (χ3v) is 5.41. The Balaban J connectivity index is 0.000000202. The third kappa shape index (κ3) is 7.48. The van der Waals surface area contributed by atoms with Crippen molar-refractivity contribution in [3.8, 4) is 11.6 Å². The number of methoxy groups -OCH3 is 1. The van der Waals surface area contributed by atoms with Crippen molar-refractivity contribution < 1.29 is 14.3 Å². The molecule has 34 heavy (non-hydrogen) atoms. The van der Waals surface area contributed by atoms with Gasteiger partial charge in [-0.05, 0) is 44.2 Å². The number of hydrogen-bond donors (Lipinski definition) is 2. The van der Waals surface area contributed by atoms with Crippen LogP contribution >= 0.6 is 23.2 Å². The van der Waals surface area contributed by atoms with Gasteiger partial charge in [-0.15, -0.1) is 0 Å². The second kappa shape index (κ2) is 12.4. The zero-order valence-electron chi connectivity index (χ0n) is 19.3. The number of nitrogens with zero attached hydrogens (tertiary/aromatic N) is 3. The first kappa shape index (κ1) is 25.6. The van der Waals surface area contributed by atoms with E-state index in [9.17, 15) is 4.79 Å². The zero-order valence-corrected chi connectivity index (χ0v) is 20.8. The molecule has 1 amide bonds. The average molecular weight is 504 g/mol. The van der Waals surface area contributed by atoms with Crippen LogP contribution < -0.4 is 25.0 Å². The number of aromatic nitrogens is 2. The minimum atomic E-state index is -0.646. The van der Waals surface area contributed by atoms with E-state index in [2.05, 4.69) is 25.5 Å². The van der Waals surface area contributed by atoms with Crippen LogP contribution in [0.3, 0.4) is 0 Å². The van der Waals surface area contributed by atoms with E-state index < -0.39 is 6.09 Å². The van der Waals surface area contributed by atoms with Gasteiger partial charge in [0.1, 0.15) is 5.75 Å². The predicted octanol–water partition coefficient (Wildman–Crippen LogP) is 5.12. The molecule has 8 nitrogen and oxygen atoms in total. The van der Waals surface area contributed by atoms with Crippen LogP contribution in [0.15, 0.2) is 48.5 Å². The molecule has 3 aromatic rings. The molecule has 4 rings (SSSR count). The van der Waals surface area contributed by atoms with Gasteiger partial charge in [0.05, 0.1) is 18.5 Å². The summed E-state index contributed by atoms with van der Waals surface area (Å²) < 4.78 is 10.2. The zero-order chi connectivity index (χ0) is 24.5. The molecule has 2 N–H and O–H groups in total. The Hall–Kier alpha value is -3.07. The van der Waals surface area contributed by atoms with E-state index in [1.165, 1.54) is 7.11 Å². The molecule has 180 valence electrons. The minimum Gasteiger partial charge on any atom is -0.478 e. The molecule has 0 aliphatic carbocycles. The number of carbonyl (C=O) groups excluding carboxylic acids is 1. The molecular weight excluding hydrogens is 477 g/mol. The third-order valence-electron chi connectivity index (χ3n) is 4.97. The van der Waals surface area contributed by atoms with Crippen LogP contribution in [0.1, 0.15) is 11.4 Å².